The summed E-state index contributed by atoms with van der Waals surface area (Å²) in [5, 5.41) is 6.80. The second-order valence-corrected chi connectivity index (χ2v) is 5.88. The minimum Gasteiger partial charge on any atom is -0.314 e. The molecule has 0 amide bonds. The zero-order chi connectivity index (χ0) is 10.3. The number of nitrogens with zero attached hydrogens (tertiary/aromatic N) is 1. The van der Waals surface area contributed by atoms with E-state index in [1.165, 1.54) is 36.4 Å². The van der Waals surface area contributed by atoms with Crippen LogP contribution in [0.5, 0.6) is 0 Å². The first kappa shape index (κ1) is 9.79. The smallest absolute Gasteiger partial charge is 0.0962 e. The lowest BCUT2D eigenvalue weighted by atomic mass is 9.89. The van der Waals surface area contributed by atoms with Gasteiger partial charge in [0.25, 0.3) is 0 Å². The maximum atomic E-state index is 4.76. The third-order valence-corrected chi connectivity index (χ3v) is 5.01. The zero-order valence-electron chi connectivity index (χ0n) is 9.20. The normalized spacial score (nSPS) is 33.8. The van der Waals surface area contributed by atoms with Crippen molar-refractivity contribution >= 4 is 11.3 Å². The molecular formula is C12H18N2S. The molecule has 2 fully saturated rings. The van der Waals surface area contributed by atoms with Crippen molar-refractivity contribution < 1.29 is 0 Å². The molecule has 2 saturated carbocycles. The fourth-order valence-electron chi connectivity index (χ4n) is 3.30. The molecule has 82 valence electrons. The summed E-state index contributed by atoms with van der Waals surface area (Å²) in [6, 6.07) is 0. The van der Waals surface area contributed by atoms with Gasteiger partial charge < -0.3 is 5.32 Å². The summed E-state index contributed by atoms with van der Waals surface area (Å²) >= 11 is 1.88. The molecule has 1 N–H and O–H groups in total. The third kappa shape index (κ3) is 1.72. The standard InChI is InChI=1S/C12H18N2S/c1-13-6-10-7-15-12(14-10)11-5-8-2-3-9(11)4-8/h7-9,11,13H,2-6H2,1H3. The van der Waals surface area contributed by atoms with E-state index in [0.717, 1.165) is 24.3 Å². The molecule has 2 bridgehead atoms. The van der Waals surface area contributed by atoms with Gasteiger partial charge in [-0.2, -0.15) is 0 Å². The second kappa shape index (κ2) is 3.87. The third-order valence-electron chi connectivity index (χ3n) is 3.98. The van der Waals surface area contributed by atoms with E-state index in [9.17, 15) is 0 Å². The van der Waals surface area contributed by atoms with Gasteiger partial charge >= 0.3 is 0 Å². The van der Waals surface area contributed by atoms with E-state index in [1.54, 1.807) is 0 Å². The molecule has 2 aliphatic rings. The number of rotatable bonds is 3. The molecule has 0 aliphatic heterocycles. The lowest BCUT2D eigenvalue weighted by molar-refractivity contribution is 0.418. The molecule has 0 radical (unpaired) electrons. The summed E-state index contributed by atoms with van der Waals surface area (Å²) in [6.45, 7) is 0.914. The fourth-order valence-corrected chi connectivity index (χ4v) is 4.33. The Bertz CT molecular complexity index is 347. The minimum atomic E-state index is 0.805. The average molecular weight is 222 g/mol. The molecule has 3 atom stereocenters. The van der Waals surface area contributed by atoms with Crippen molar-refractivity contribution in [2.75, 3.05) is 7.05 Å². The monoisotopic (exact) mass is 222 g/mol. The summed E-state index contributed by atoms with van der Waals surface area (Å²) in [6.07, 6.45) is 5.83. The molecule has 2 nitrogen and oxygen atoms in total. The van der Waals surface area contributed by atoms with E-state index >= 15 is 0 Å². The highest BCUT2D eigenvalue weighted by molar-refractivity contribution is 7.09. The molecule has 15 heavy (non-hydrogen) atoms. The van der Waals surface area contributed by atoms with E-state index in [4.69, 9.17) is 4.98 Å². The van der Waals surface area contributed by atoms with Crippen molar-refractivity contribution in [3.63, 3.8) is 0 Å². The van der Waals surface area contributed by atoms with Gasteiger partial charge in [0.05, 0.1) is 10.7 Å². The molecule has 1 aromatic heterocycles. The van der Waals surface area contributed by atoms with Gasteiger partial charge in [0.15, 0.2) is 0 Å². The van der Waals surface area contributed by atoms with Crippen LogP contribution in [0.4, 0.5) is 0 Å². The van der Waals surface area contributed by atoms with E-state index < -0.39 is 0 Å². The van der Waals surface area contributed by atoms with Gasteiger partial charge in [-0.1, -0.05) is 6.42 Å². The van der Waals surface area contributed by atoms with Crippen molar-refractivity contribution in [2.24, 2.45) is 11.8 Å². The maximum absolute atomic E-state index is 4.76. The number of nitrogens with one attached hydrogen (secondary N) is 1. The summed E-state index contributed by atoms with van der Waals surface area (Å²) < 4.78 is 0. The Morgan fingerprint density at radius 3 is 3.07 bits per heavy atom. The first-order valence-electron chi connectivity index (χ1n) is 5.95. The highest BCUT2D eigenvalue weighted by Gasteiger charge is 2.41. The van der Waals surface area contributed by atoms with Crippen LogP contribution in [0.2, 0.25) is 0 Å². The molecule has 3 rings (SSSR count). The summed E-state index contributed by atoms with van der Waals surface area (Å²) in [5.74, 6) is 2.79. The first-order chi connectivity index (χ1) is 7.36. The predicted octanol–water partition coefficient (Wildman–Crippen LogP) is 2.77. The maximum Gasteiger partial charge on any atom is 0.0962 e. The van der Waals surface area contributed by atoms with E-state index in [1.807, 2.05) is 18.4 Å². The summed E-state index contributed by atoms with van der Waals surface area (Å²) in [5.41, 5.74) is 1.22. The van der Waals surface area contributed by atoms with Crippen molar-refractivity contribution in [1.82, 2.24) is 10.3 Å². The van der Waals surface area contributed by atoms with E-state index in [-0.39, 0.29) is 0 Å². The Labute approximate surface area is 95.1 Å². The molecule has 3 heteroatoms. The second-order valence-electron chi connectivity index (χ2n) is 4.99. The van der Waals surface area contributed by atoms with Crippen LogP contribution in [0.3, 0.4) is 0 Å². The van der Waals surface area contributed by atoms with Gasteiger partial charge in [0, 0.05) is 17.8 Å². The molecule has 0 aromatic carbocycles. The van der Waals surface area contributed by atoms with E-state index in [0.29, 0.717) is 0 Å². The first-order valence-corrected chi connectivity index (χ1v) is 6.83. The van der Waals surface area contributed by atoms with Gasteiger partial charge in [0.1, 0.15) is 0 Å². The van der Waals surface area contributed by atoms with Crippen molar-refractivity contribution in [3.8, 4) is 0 Å². The molecular weight excluding hydrogens is 204 g/mol. The van der Waals surface area contributed by atoms with Crippen LogP contribution in [0.15, 0.2) is 5.38 Å². The Kier molecular flexibility index (Phi) is 2.53. The number of thiazole rings is 1. The van der Waals surface area contributed by atoms with Gasteiger partial charge in [-0.05, 0) is 38.1 Å². The molecule has 1 aromatic rings. The van der Waals surface area contributed by atoms with E-state index in [2.05, 4.69) is 10.7 Å². The van der Waals surface area contributed by atoms with Gasteiger partial charge in [-0.3, -0.25) is 0 Å². The van der Waals surface area contributed by atoms with Crippen LogP contribution in [0, 0.1) is 11.8 Å². The van der Waals surface area contributed by atoms with Crippen LogP contribution >= 0.6 is 11.3 Å². The van der Waals surface area contributed by atoms with Crippen molar-refractivity contribution in [1.29, 1.82) is 0 Å². The predicted molar refractivity (Wildman–Crippen MR) is 63.1 cm³/mol. The lowest BCUT2D eigenvalue weighted by Gasteiger charge is -2.18. The quantitative estimate of drug-likeness (QED) is 0.850. The van der Waals surface area contributed by atoms with Crippen LogP contribution in [0.25, 0.3) is 0 Å². The van der Waals surface area contributed by atoms with Gasteiger partial charge in [-0.25, -0.2) is 4.98 Å². The number of aromatic nitrogens is 1. The highest BCUT2D eigenvalue weighted by Crippen LogP contribution is 2.53. The average Bonchev–Trinajstić information content (AvgIpc) is 2.91. The minimum absolute atomic E-state index is 0.805. The van der Waals surface area contributed by atoms with Crippen LogP contribution in [0.1, 0.15) is 42.3 Å². The molecule has 0 spiro atoms. The Balaban J connectivity index is 1.75. The summed E-state index contributed by atoms with van der Waals surface area (Å²) in [7, 11) is 1.98. The zero-order valence-corrected chi connectivity index (χ0v) is 10.0. The van der Waals surface area contributed by atoms with Gasteiger partial charge in [-0.15, -0.1) is 11.3 Å². The van der Waals surface area contributed by atoms with Crippen molar-refractivity contribution in [2.45, 2.75) is 38.1 Å². The van der Waals surface area contributed by atoms with Gasteiger partial charge in [0.2, 0.25) is 0 Å². The summed E-state index contributed by atoms with van der Waals surface area (Å²) in [4.78, 5) is 4.76. The fraction of sp³-hybridized carbons (Fsp3) is 0.750. The Morgan fingerprint density at radius 1 is 1.47 bits per heavy atom. The largest absolute Gasteiger partial charge is 0.314 e. The molecule has 1 heterocycles. The lowest BCUT2D eigenvalue weighted by Crippen LogP contribution is -2.09. The van der Waals surface area contributed by atoms with Crippen LogP contribution in [-0.2, 0) is 6.54 Å². The number of hydrogen-bond acceptors (Lipinski definition) is 3. The topological polar surface area (TPSA) is 24.9 Å². The number of hydrogen-bond donors (Lipinski definition) is 1. The van der Waals surface area contributed by atoms with Crippen LogP contribution in [-0.4, -0.2) is 12.0 Å². The van der Waals surface area contributed by atoms with Crippen LogP contribution < -0.4 is 5.32 Å². The Hall–Kier alpha value is -0.410. The SMILES string of the molecule is CNCc1csc(C2CC3CCC2C3)n1. The van der Waals surface area contributed by atoms with Crippen molar-refractivity contribution in [3.05, 3.63) is 16.1 Å². The molecule has 3 unspecified atom stereocenters. The molecule has 0 saturated heterocycles. The highest BCUT2D eigenvalue weighted by atomic mass is 32.1. The molecule has 2 aliphatic carbocycles. The Morgan fingerprint density at radius 2 is 2.40 bits per heavy atom. The number of fused-ring (bicyclic) bond motifs is 2.